The summed E-state index contributed by atoms with van der Waals surface area (Å²) in [7, 11) is 3.98. The van der Waals surface area contributed by atoms with Gasteiger partial charge in [-0.05, 0) is 19.3 Å². The summed E-state index contributed by atoms with van der Waals surface area (Å²) in [5.41, 5.74) is 0. The van der Waals surface area contributed by atoms with Gasteiger partial charge in [0.05, 0.1) is 0 Å². The van der Waals surface area contributed by atoms with Gasteiger partial charge in [-0.3, -0.25) is 0 Å². The number of carboxylic acid groups (broad SMARTS) is 1. The fourth-order valence-corrected chi connectivity index (χ4v) is 4.46. The van der Waals surface area contributed by atoms with Crippen LogP contribution in [0.4, 0.5) is 4.79 Å². The summed E-state index contributed by atoms with van der Waals surface area (Å²) in [6, 6.07) is 0. The van der Waals surface area contributed by atoms with Crippen molar-refractivity contribution in [3.05, 3.63) is 0 Å². The summed E-state index contributed by atoms with van der Waals surface area (Å²) in [5, 5.41) is 13.1. The van der Waals surface area contributed by atoms with Crippen LogP contribution < -0.4 is 10.4 Å². The molecule has 1 heterocycles. The topological polar surface area (TPSA) is 52.2 Å². The van der Waals surface area contributed by atoms with Gasteiger partial charge in [0.2, 0.25) is 0 Å². The number of unbranched alkanes of at least 4 members (excludes halogenated alkanes) is 2. The van der Waals surface area contributed by atoms with E-state index in [1.807, 2.05) is 21.6 Å². The van der Waals surface area contributed by atoms with Crippen LogP contribution >= 0.6 is 21.6 Å². The SMILES string of the molecule is O=C([O-])NCCCCCC1CCSS1. The minimum absolute atomic E-state index is 0.537. The molecule has 0 aromatic rings. The Balaban J connectivity index is 1.82. The van der Waals surface area contributed by atoms with Crippen molar-refractivity contribution < 1.29 is 9.90 Å². The monoisotopic (exact) mass is 234 g/mol. The summed E-state index contributed by atoms with van der Waals surface area (Å²) in [4.78, 5) is 10.0. The number of carbonyl (C=O) groups is 1. The molecule has 1 aliphatic rings. The lowest BCUT2D eigenvalue weighted by molar-refractivity contribution is -0.250. The largest absolute Gasteiger partial charge is 0.530 e. The quantitative estimate of drug-likeness (QED) is 0.560. The maximum absolute atomic E-state index is 10.0. The van der Waals surface area contributed by atoms with Gasteiger partial charge in [-0.15, -0.1) is 0 Å². The molecule has 1 atom stereocenters. The Morgan fingerprint density at radius 2 is 2.29 bits per heavy atom. The Bertz CT molecular complexity index is 172. The predicted octanol–water partition coefficient (Wildman–Crippen LogP) is 1.63. The Morgan fingerprint density at radius 3 is 2.93 bits per heavy atom. The highest BCUT2D eigenvalue weighted by atomic mass is 33.1. The molecule has 82 valence electrons. The van der Waals surface area contributed by atoms with Crippen molar-refractivity contribution in [2.75, 3.05) is 12.3 Å². The van der Waals surface area contributed by atoms with Gasteiger partial charge >= 0.3 is 0 Å². The molecule has 0 aliphatic carbocycles. The Morgan fingerprint density at radius 1 is 1.43 bits per heavy atom. The van der Waals surface area contributed by atoms with Crippen molar-refractivity contribution in [1.29, 1.82) is 0 Å². The standard InChI is InChI=1S/C9H17NO2S2/c11-9(12)10-6-3-1-2-4-8-5-7-13-14-8/h8,10H,1-7H2,(H,11,12)/p-1. The molecule has 0 spiro atoms. The highest BCUT2D eigenvalue weighted by Gasteiger charge is 2.15. The molecule has 0 radical (unpaired) electrons. The van der Waals surface area contributed by atoms with E-state index in [9.17, 15) is 9.90 Å². The van der Waals surface area contributed by atoms with E-state index in [0.717, 1.165) is 18.1 Å². The molecule has 1 amide bonds. The molecule has 1 saturated heterocycles. The second-order valence-corrected chi connectivity index (χ2v) is 6.18. The summed E-state index contributed by atoms with van der Waals surface area (Å²) in [6.07, 6.45) is 4.72. The fraction of sp³-hybridized carbons (Fsp3) is 0.889. The van der Waals surface area contributed by atoms with Gasteiger partial charge in [-0.1, -0.05) is 34.4 Å². The number of amides is 1. The molecule has 0 bridgehead atoms. The molecule has 1 fully saturated rings. The van der Waals surface area contributed by atoms with Gasteiger partial charge in [0.1, 0.15) is 6.09 Å². The number of carbonyl (C=O) groups excluding carboxylic acids is 1. The van der Waals surface area contributed by atoms with Crippen molar-refractivity contribution in [1.82, 2.24) is 5.32 Å². The molecule has 0 aromatic heterocycles. The van der Waals surface area contributed by atoms with E-state index in [1.54, 1.807) is 0 Å². The van der Waals surface area contributed by atoms with Crippen LogP contribution in [0, 0.1) is 0 Å². The molecule has 0 saturated carbocycles. The summed E-state index contributed by atoms with van der Waals surface area (Å²) >= 11 is 0. The van der Waals surface area contributed by atoms with Crippen LogP contribution in [0.5, 0.6) is 0 Å². The Labute approximate surface area is 92.8 Å². The maximum Gasteiger partial charge on any atom is 0.134 e. The first-order valence-electron chi connectivity index (χ1n) is 5.02. The zero-order chi connectivity index (χ0) is 10.2. The number of hydrogen-bond donors (Lipinski definition) is 1. The van der Waals surface area contributed by atoms with E-state index >= 15 is 0 Å². The molecule has 1 aliphatic heterocycles. The van der Waals surface area contributed by atoms with Gasteiger partial charge in [-0.2, -0.15) is 0 Å². The van der Waals surface area contributed by atoms with Gasteiger partial charge < -0.3 is 15.2 Å². The van der Waals surface area contributed by atoms with Crippen LogP contribution in [-0.2, 0) is 0 Å². The molecule has 1 rings (SSSR count). The maximum atomic E-state index is 10.0. The highest BCUT2D eigenvalue weighted by molar-refractivity contribution is 8.77. The van der Waals surface area contributed by atoms with Gasteiger partial charge in [0.25, 0.3) is 0 Å². The lowest BCUT2D eigenvalue weighted by Gasteiger charge is -2.08. The summed E-state index contributed by atoms with van der Waals surface area (Å²) < 4.78 is 0. The summed E-state index contributed by atoms with van der Waals surface area (Å²) in [5.74, 6) is 1.29. The minimum atomic E-state index is -1.16. The van der Waals surface area contributed by atoms with Crippen LogP contribution in [0.2, 0.25) is 0 Å². The molecular weight excluding hydrogens is 218 g/mol. The van der Waals surface area contributed by atoms with Gasteiger partial charge in [0.15, 0.2) is 0 Å². The van der Waals surface area contributed by atoms with Crippen LogP contribution in [0.15, 0.2) is 0 Å². The van der Waals surface area contributed by atoms with Crippen LogP contribution in [0.3, 0.4) is 0 Å². The molecule has 5 heteroatoms. The first-order chi connectivity index (χ1) is 6.79. The van der Waals surface area contributed by atoms with Crippen molar-refractivity contribution in [3.8, 4) is 0 Å². The van der Waals surface area contributed by atoms with Gasteiger partial charge in [0, 0.05) is 17.5 Å². The molecule has 1 unspecified atom stereocenters. The normalized spacial score (nSPS) is 21.0. The molecule has 1 N–H and O–H groups in total. The fourth-order valence-electron chi connectivity index (χ4n) is 1.43. The van der Waals surface area contributed by atoms with E-state index in [-0.39, 0.29) is 0 Å². The van der Waals surface area contributed by atoms with E-state index in [1.165, 1.54) is 25.0 Å². The van der Waals surface area contributed by atoms with Crippen molar-refractivity contribution in [2.24, 2.45) is 0 Å². The molecule has 0 aromatic carbocycles. The van der Waals surface area contributed by atoms with E-state index in [4.69, 9.17) is 0 Å². The first kappa shape index (κ1) is 12.0. The lowest BCUT2D eigenvalue weighted by Crippen LogP contribution is -2.36. The smallest absolute Gasteiger partial charge is 0.134 e. The van der Waals surface area contributed by atoms with Crippen molar-refractivity contribution in [2.45, 2.75) is 37.4 Å². The third-order valence-electron chi connectivity index (χ3n) is 2.20. The van der Waals surface area contributed by atoms with E-state index < -0.39 is 6.09 Å². The molecule has 3 nitrogen and oxygen atoms in total. The summed E-state index contributed by atoms with van der Waals surface area (Å²) in [6.45, 7) is 0.537. The molecule has 14 heavy (non-hydrogen) atoms. The predicted molar refractivity (Wildman–Crippen MR) is 60.3 cm³/mol. The second-order valence-electron chi connectivity index (χ2n) is 3.39. The van der Waals surface area contributed by atoms with Crippen molar-refractivity contribution >= 4 is 27.7 Å². The van der Waals surface area contributed by atoms with Gasteiger partial charge in [-0.25, -0.2) is 0 Å². The molecular formula is C9H16NO2S2-. The second kappa shape index (κ2) is 7.29. The third-order valence-corrected chi connectivity index (χ3v) is 5.21. The zero-order valence-electron chi connectivity index (χ0n) is 8.16. The Kier molecular flexibility index (Phi) is 6.27. The zero-order valence-corrected chi connectivity index (χ0v) is 9.79. The third kappa shape index (κ3) is 5.65. The Hall–Kier alpha value is -0.0300. The van der Waals surface area contributed by atoms with E-state index in [2.05, 4.69) is 5.32 Å². The van der Waals surface area contributed by atoms with Crippen LogP contribution in [0.1, 0.15) is 32.1 Å². The lowest BCUT2D eigenvalue weighted by atomic mass is 10.1. The minimum Gasteiger partial charge on any atom is -0.530 e. The average Bonchev–Trinajstić information content (AvgIpc) is 2.63. The first-order valence-corrected chi connectivity index (χ1v) is 7.40. The highest BCUT2D eigenvalue weighted by Crippen LogP contribution is 2.39. The van der Waals surface area contributed by atoms with Crippen molar-refractivity contribution in [3.63, 3.8) is 0 Å². The van der Waals surface area contributed by atoms with E-state index in [0.29, 0.717) is 6.54 Å². The average molecular weight is 234 g/mol. The number of nitrogens with one attached hydrogen (secondary N) is 1. The van der Waals surface area contributed by atoms with Crippen LogP contribution in [0.25, 0.3) is 0 Å². The number of rotatable bonds is 6. The number of hydrogen-bond acceptors (Lipinski definition) is 4. The van der Waals surface area contributed by atoms with Crippen LogP contribution in [-0.4, -0.2) is 23.6 Å².